The molecule has 2 aliphatic carbocycles. The van der Waals surface area contributed by atoms with Crippen molar-refractivity contribution in [3.05, 3.63) is 23.2 Å². The van der Waals surface area contributed by atoms with Crippen LogP contribution in [0.15, 0.2) is 18.2 Å². The summed E-state index contributed by atoms with van der Waals surface area (Å²) in [6.07, 6.45) is 5.46. The van der Waals surface area contributed by atoms with E-state index in [1.165, 1.54) is 25.7 Å². The molecule has 3 rings (SSSR count). The molecule has 2 nitrogen and oxygen atoms in total. The fraction of sp³-hybridized carbons (Fsp3) is 0.538. The molecular formula is C13H17ClN2. The molecule has 2 bridgehead atoms. The lowest BCUT2D eigenvalue weighted by Gasteiger charge is -2.25. The summed E-state index contributed by atoms with van der Waals surface area (Å²) in [6.45, 7) is 0. The lowest BCUT2D eigenvalue weighted by atomic mass is 9.95. The summed E-state index contributed by atoms with van der Waals surface area (Å²) in [6, 6.07) is 6.28. The van der Waals surface area contributed by atoms with Gasteiger partial charge in [-0.25, -0.2) is 0 Å². The first kappa shape index (κ1) is 10.3. The van der Waals surface area contributed by atoms with Gasteiger partial charge in [-0.1, -0.05) is 24.1 Å². The second kappa shape index (κ2) is 3.85. The Morgan fingerprint density at radius 1 is 1.25 bits per heavy atom. The van der Waals surface area contributed by atoms with Gasteiger partial charge < -0.3 is 11.1 Å². The Bertz CT molecular complexity index is 385. The highest BCUT2D eigenvalue weighted by atomic mass is 35.5. The van der Waals surface area contributed by atoms with E-state index in [1.54, 1.807) is 0 Å². The SMILES string of the molecule is Nc1cccc(Cl)c1NC1CC2CCC1C2. The number of nitrogens with two attached hydrogens (primary N) is 1. The fourth-order valence-corrected chi connectivity index (χ4v) is 3.54. The van der Waals surface area contributed by atoms with Gasteiger partial charge in [0.2, 0.25) is 0 Å². The third kappa shape index (κ3) is 1.65. The minimum atomic E-state index is 0.584. The van der Waals surface area contributed by atoms with E-state index in [2.05, 4.69) is 5.32 Å². The van der Waals surface area contributed by atoms with E-state index >= 15 is 0 Å². The largest absolute Gasteiger partial charge is 0.397 e. The van der Waals surface area contributed by atoms with Gasteiger partial charge in [-0.2, -0.15) is 0 Å². The summed E-state index contributed by atoms with van der Waals surface area (Å²) in [5.74, 6) is 1.77. The van der Waals surface area contributed by atoms with Crippen LogP contribution in [0.25, 0.3) is 0 Å². The number of rotatable bonds is 2. The quantitative estimate of drug-likeness (QED) is 0.771. The standard InChI is InChI=1S/C13H17ClN2/c14-10-2-1-3-11(15)13(10)16-12-7-8-4-5-9(12)6-8/h1-3,8-9,12,16H,4-7,15H2. The zero-order valence-corrected chi connectivity index (χ0v) is 10.0. The van der Waals surface area contributed by atoms with E-state index in [4.69, 9.17) is 17.3 Å². The number of hydrogen-bond acceptors (Lipinski definition) is 2. The van der Waals surface area contributed by atoms with E-state index in [0.29, 0.717) is 6.04 Å². The molecule has 0 radical (unpaired) electrons. The lowest BCUT2D eigenvalue weighted by Crippen LogP contribution is -2.26. The summed E-state index contributed by atoms with van der Waals surface area (Å²) in [4.78, 5) is 0. The van der Waals surface area contributed by atoms with E-state index in [1.807, 2.05) is 18.2 Å². The van der Waals surface area contributed by atoms with Crippen LogP contribution >= 0.6 is 11.6 Å². The molecule has 3 heteroatoms. The second-order valence-electron chi connectivity index (χ2n) is 5.13. The molecule has 0 spiro atoms. The zero-order valence-electron chi connectivity index (χ0n) is 9.25. The monoisotopic (exact) mass is 236 g/mol. The lowest BCUT2D eigenvalue weighted by molar-refractivity contribution is 0.440. The number of nitrogens with one attached hydrogen (secondary N) is 1. The maximum Gasteiger partial charge on any atom is 0.0765 e. The van der Waals surface area contributed by atoms with Crippen LogP contribution in [0.3, 0.4) is 0 Å². The molecule has 1 aromatic rings. The van der Waals surface area contributed by atoms with Gasteiger partial charge in [0.15, 0.2) is 0 Å². The second-order valence-corrected chi connectivity index (χ2v) is 5.54. The van der Waals surface area contributed by atoms with Crippen molar-refractivity contribution >= 4 is 23.0 Å². The van der Waals surface area contributed by atoms with Crippen molar-refractivity contribution < 1.29 is 0 Å². The molecule has 3 N–H and O–H groups in total. The topological polar surface area (TPSA) is 38.0 Å². The van der Waals surface area contributed by atoms with Crippen LogP contribution in [0, 0.1) is 11.8 Å². The maximum atomic E-state index is 6.17. The Morgan fingerprint density at radius 3 is 2.75 bits per heavy atom. The molecule has 2 fully saturated rings. The third-order valence-corrected chi connectivity index (χ3v) is 4.43. The van der Waals surface area contributed by atoms with E-state index in [9.17, 15) is 0 Å². The maximum absolute atomic E-state index is 6.17. The smallest absolute Gasteiger partial charge is 0.0765 e. The molecule has 0 amide bonds. The van der Waals surface area contributed by atoms with Crippen LogP contribution in [0.1, 0.15) is 25.7 Å². The number of anilines is 2. The summed E-state index contributed by atoms with van der Waals surface area (Å²) in [5, 5.41) is 4.29. The average Bonchev–Trinajstić information content (AvgIpc) is 2.85. The highest BCUT2D eigenvalue weighted by Gasteiger charge is 2.39. The Balaban J connectivity index is 1.79. The molecule has 86 valence electrons. The summed E-state index contributed by atoms with van der Waals surface area (Å²) >= 11 is 6.17. The Hall–Kier alpha value is -0.890. The molecule has 2 aliphatic rings. The minimum Gasteiger partial charge on any atom is -0.397 e. The highest BCUT2D eigenvalue weighted by Crippen LogP contribution is 2.46. The van der Waals surface area contributed by atoms with Crippen LogP contribution in [-0.4, -0.2) is 6.04 Å². The molecule has 0 aromatic heterocycles. The van der Waals surface area contributed by atoms with Gasteiger partial charge in [0.25, 0.3) is 0 Å². The van der Waals surface area contributed by atoms with Crippen LogP contribution in [0.5, 0.6) is 0 Å². The minimum absolute atomic E-state index is 0.584. The van der Waals surface area contributed by atoms with E-state index in [-0.39, 0.29) is 0 Å². The summed E-state index contributed by atoms with van der Waals surface area (Å²) in [5.41, 5.74) is 7.64. The molecule has 3 atom stereocenters. The fourth-order valence-electron chi connectivity index (χ4n) is 3.30. The van der Waals surface area contributed by atoms with E-state index < -0.39 is 0 Å². The number of benzene rings is 1. The first-order valence-corrected chi connectivity index (χ1v) is 6.42. The molecule has 3 unspecified atom stereocenters. The van der Waals surface area contributed by atoms with Gasteiger partial charge in [0.05, 0.1) is 16.4 Å². The molecule has 16 heavy (non-hydrogen) atoms. The summed E-state index contributed by atoms with van der Waals surface area (Å²) < 4.78 is 0. The van der Waals surface area contributed by atoms with Gasteiger partial charge in [-0.3, -0.25) is 0 Å². The van der Waals surface area contributed by atoms with Crippen molar-refractivity contribution in [3.8, 4) is 0 Å². The number of hydrogen-bond donors (Lipinski definition) is 2. The molecule has 0 aliphatic heterocycles. The predicted molar refractivity (Wildman–Crippen MR) is 68.7 cm³/mol. The number of halogens is 1. The Morgan fingerprint density at radius 2 is 2.12 bits per heavy atom. The molecule has 2 saturated carbocycles. The normalized spacial score (nSPS) is 31.9. The Kier molecular flexibility index (Phi) is 2.47. The number of nitrogen functional groups attached to an aromatic ring is 1. The van der Waals surface area contributed by atoms with Gasteiger partial charge in [0, 0.05) is 6.04 Å². The van der Waals surface area contributed by atoms with Crippen molar-refractivity contribution in [2.75, 3.05) is 11.1 Å². The van der Waals surface area contributed by atoms with Crippen molar-refractivity contribution in [2.24, 2.45) is 11.8 Å². The van der Waals surface area contributed by atoms with Gasteiger partial charge in [0.1, 0.15) is 0 Å². The van der Waals surface area contributed by atoms with Crippen LogP contribution < -0.4 is 11.1 Å². The van der Waals surface area contributed by atoms with Crippen molar-refractivity contribution in [2.45, 2.75) is 31.7 Å². The molecule has 0 heterocycles. The van der Waals surface area contributed by atoms with Crippen molar-refractivity contribution in [3.63, 3.8) is 0 Å². The van der Waals surface area contributed by atoms with Crippen LogP contribution in [0.4, 0.5) is 11.4 Å². The Labute approximate surface area is 101 Å². The van der Waals surface area contributed by atoms with Gasteiger partial charge in [-0.15, -0.1) is 0 Å². The highest BCUT2D eigenvalue weighted by molar-refractivity contribution is 6.33. The van der Waals surface area contributed by atoms with Crippen molar-refractivity contribution in [1.82, 2.24) is 0 Å². The van der Waals surface area contributed by atoms with Gasteiger partial charge in [-0.05, 0) is 43.2 Å². The third-order valence-electron chi connectivity index (χ3n) is 4.11. The van der Waals surface area contributed by atoms with E-state index in [0.717, 1.165) is 28.2 Å². The average molecular weight is 237 g/mol. The zero-order chi connectivity index (χ0) is 11.1. The number of fused-ring (bicyclic) bond motifs is 2. The van der Waals surface area contributed by atoms with Crippen LogP contribution in [-0.2, 0) is 0 Å². The first-order chi connectivity index (χ1) is 7.74. The summed E-state index contributed by atoms with van der Waals surface area (Å²) in [7, 11) is 0. The van der Waals surface area contributed by atoms with Crippen LogP contribution in [0.2, 0.25) is 5.02 Å². The molecule has 1 aromatic carbocycles. The molecule has 0 saturated heterocycles. The predicted octanol–water partition coefficient (Wildman–Crippen LogP) is 3.52. The first-order valence-electron chi connectivity index (χ1n) is 6.04. The van der Waals surface area contributed by atoms with Gasteiger partial charge >= 0.3 is 0 Å². The molecular weight excluding hydrogens is 220 g/mol. The number of para-hydroxylation sites is 1. The van der Waals surface area contributed by atoms with Crippen molar-refractivity contribution in [1.29, 1.82) is 0 Å².